The minimum absolute atomic E-state index is 0.153. The number of amides is 1. The molecule has 6 heteroatoms. The SMILES string of the molecule is N#C[C@]1(NC(=O)Cc2c(F)cccc2Cl)CCSC1. The number of thioether (sulfide) groups is 1. The molecule has 1 aliphatic rings. The number of hydrogen-bond donors (Lipinski definition) is 1. The summed E-state index contributed by atoms with van der Waals surface area (Å²) in [5, 5.41) is 12.1. The number of carbonyl (C=O) groups is 1. The molecule has 1 atom stereocenters. The average molecular weight is 299 g/mol. The van der Waals surface area contributed by atoms with Crippen molar-refractivity contribution in [2.24, 2.45) is 0 Å². The maximum Gasteiger partial charge on any atom is 0.225 e. The largest absolute Gasteiger partial charge is 0.337 e. The molecule has 1 aromatic carbocycles. The lowest BCUT2D eigenvalue weighted by Crippen LogP contribution is -2.48. The van der Waals surface area contributed by atoms with Gasteiger partial charge in [-0.05, 0) is 24.3 Å². The van der Waals surface area contributed by atoms with Crippen molar-refractivity contribution < 1.29 is 9.18 Å². The number of carbonyl (C=O) groups excluding carboxylic acids is 1. The molecule has 100 valence electrons. The standard InChI is InChI=1S/C13H12ClFN2OS/c14-10-2-1-3-11(15)9(10)6-12(18)17-13(7-16)4-5-19-8-13/h1-3H,4-6,8H2,(H,17,18)/t13-/m1/s1. The van der Waals surface area contributed by atoms with Gasteiger partial charge in [0, 0.05) is 16.3 Å². The topological polar surface area (TPSA) is 52.9 Å². The summed E-state index contributed by atoms with van der Waals surface area (Å²) in [4.78, 5) is 11.9. The summed E-state index contributed by atoms with van der Waals surface area (Å²) in [5.74, 6) is 0.527. The molecule has 1 fully saturated rings. The van der Waals surface area contributed by atoms with E-state index in [2.05, 4.69) is 11.4 Å². The third-order valence-electron chi connectivity index (χ3n) is 3.01. The fraction of sp³-hybridized carbons (Fsp3) is 0.385. The molecule has 0 bridgehead atoms. The smallest absolute Gasteiger partial charge is 0.225 e. The van der Waals surface area contributed by atoms with Crippen LogP contribution in [0.4, 0.5) is 4.39 Å². The Morgan fingerprint density at radius 3 is 3.00 bits per heavy atom. The Morgan fingerprint density at radius 1 is 1.63 bits per heavy atom. The van der Waals surface area contributed by atoms with Crippen LogP contribution in [0, 0.1) is 17.1 Å². The van der Waals surface area contributed by atoms with Crippen LogP contribution in [0.5, 0.6) is 0 Å². The number of benzene rings is 1. The molecule has 1 saturated heterocycles. The maximum atomic E-state index is 13.6. The Morgan fingerprint density at radius 2 is 2.42 bits per heavy atom. The van der Waals surface area contributed by atoms with Gasteiger partial charge in [0.15, 0.2) is 0 Å². The summed E-state index contributed by atoms with van der Waals surface area (Å²) in [6.07, 6.45) is 0.463. The number of nitriles is 1. The van der Waals surface area contributed by atoms with E-state index in [0.717, 1.165) is 5.75 Å². The van der Waals surface area contributed by atoms with Crippen molar-refractivity contribution in [3.8, 4) is 6.07 Å². The first kappa shape index (κ1) is 14.2. The van der Waals surface area contributed by atoms with Gasteiger partial charge in [-0.1, -0.05) is 17.7 Å². The normalized spacial score (nSPS) is 21.9. The second kappa shape index (κ2) is 5.81. The van der Waals surface area contributed by atoms with Gasteiger partial charge in [0.25, 0.3) is 0 Å². The quantitative estimate of drug-likeness (QED) is 0.933. The second-order valence-corrected chi connectivity index (χ2v) is 5.93. The van der Waals surface area contributed by atoms with Crippen molar-refractivity contribution >= 4 is 29.3 Å². The van der Waals surface area contributed by atoms with E-state index in [9.17, 15) is 9.18 Å². The molecule has 0 spiro atoms. The maximum absolute atomic E-state index is 13.6. The van der Waals surface area contributed by atoms with Crippen LogP contribution in [0.25, 0.3) is 0 Å². The van der Waals surface area contributed by atoms with E-state index >= 15 is 0 Å². The molecule has 1 heterocycles. The van der Waals surface area contributed by atoms with E-state index in [1.165, 1.54) is 12.1 Å². The van der Waals surface area contributed by atoms with Crippen LogP contribution in [0.3, 0.4) is 0 Å². The van der Waals surface area contributed by atoms with Crippen molar-refractivity contribution in [3.05, 3.63) is 34.6 Å². The molecule has 1 aliphatic heterocycles. The Hall–Kier alpha value is -1.25. The highest BCUT2D eigenvalue weighted by Crippen LogP contribution is 2.27. The first-order valence-electron chi connectivity index (χ1n) is 5.79. The Kier molecular flexibility index (Phi) is 4.33. The number of nitrogens with one attached hydrogen (secondary N) is 1. The van der Waals surface area contributed by atoms with Crippen LogP contribution in [0.1, 0.15) is 12.0 Å². The second-order valence-electron chi connectivity index (χ2n) is 4.42. The summed E-state index contributed by atoms with van der Waals surface area (Å²) in [7, 11) is 0. The summed E-state index contributed by atoms with van der Waals surface area (Å²) in [6, 6.07) is 6.44. The van der Waals surface area contributed by atoms with Crippen LogP contribution >= 0.6 is 23.4 Å². The summed E-state index contributed by atoms with van der Waals surface area (Å²) < 4.78 is 13.6. The molecule has 1 N–H and O–H groups in total. The summed E-state index contributed by atoms with van der Waals surface area (Å²) in [6.45, 7) is 0. The van der Waals surface area contributed by atoms with Gasteiger partial charge in [-0.3, -0.25) is 4.79 Å². The third kappa shape index (κ3) is 3.20. The van der Waals surface area contributed by atoms with Crippen molar-refractivity contribution in [2.45, 2.75) is 18.4 Å². The van der Waals surface area contributed by atoms with E-state index in [1.807, 2.05) is 0 Å². The van der Waals surface area contributed by atoms with Gasteiger partial charge >= 0.3 is 0 Å². The van der Waals surface area contributed by atoms with Gasteiger partial charge < -0.3 is 5.32 Å². The van der Waals surface area contributed by atoms with Crippen LogP contribution in [0.15, 0.2) is 18.2 Å². The van der Waals surface area contributed by atoms with Crippen molar-refractivity contribution in [1.82, 2.24) is 5.32 Å². The zero-order chi connectivity index (χ0) is 13.9. The zero-order valence-corrected chi connectivity index (χ0v) is 11.7. The lowest BCUT2D eigenvalue weighted by molar-refractivity contribution is -0.121. The Labute approximate surface area is 120 Å². The lowest BCUT2D eigenvalue weighted by atomic mass is 10.0. The van der Waals surface area contributed by atoms with E-state index in [4.69, 9.17) is 16.9 Å². The van der Waals surface area contributed by atoms with Gasteiger partial charge in [0.2, 0.25) is 5.91 Å². The molecule has 1 amide bonds. The van der Waals surface area contributed by atoms with E-state index in [1.54, 1.807) is 17.8 Å². The molecule has 3 nitrogen and oxygen atoms in total. The highest BCUT2D eigenvalue weighted by atomic mass is 35.5. The molecule has 1 aromatic rings. The van der Waals surface area contributed by atoms with Gasteiger partial charge in [0.05, 0.1) is 12.5 Å². The van der Waals surface area contributed by atoms with E-state index < -0.39 is 11.4 Å². The van der Waals surface area contributed by atoms with Gasteiger partial charge in [-0.15, -0.1) is 0 Å². The zero-order valence-electron chi connectivity index (χ0n) is 10.1. The van der Waals surface area contributed by atoms with Gasteiger partial charge in [-0.25, -0.2) is 4.39 Å². The van der Waals surface area contributed by atoms with Crippen LogP contribution < -0.4 is 5.32 Å². The predicted octanol–water partition coefficient (Wildman–Crippen LogP) is 2.54. The number of rotatable bonds is 3. The molecule has 19 heavy (non-hydrogen) atoms. The van der Waals surface area contributed by atoms with Crippen molar-refractivity contribution in [3.63, 3.8) is 0 Å². The molecular weight excluding hydrogens is 287 g/mol. The molecule has 0 saturated carbocycles. The van der Waals surface area contributed by atoms with Crippen LogP contribution in [-0.4, -0.2) is 23.0 Å². The van der Waals surface area contributed by atoms with Crippen LogP contribution in [0.2, 0.25) is 5.02 Å². The number of nitrogens with zero attached hydrogens (tertiary/aromatic N) is 1. The number of halogens is 2. The molecule has 0 unspecified atom stereocenters. The monoisotopic (exact) mass is 298 g/mol. The minimum atomic E-state index is -0.820. The predicted molar refractivity (Wildman–Crippen MR) is 73.5 cm³/mol. The minimum Gasteiger partial charge on any atom is -0.337 e. The summed E-state index contributed by atoms with van der Waals surface area (Å²) >= 11 is 7.49. The Bertz CT molecular complexity index is 518. The van der Waals surface area contributed by atoms with Crippen molar-refractivity contribution in [2.75, 3.05) is 11.5 Å². The highest BCUT2D eigenvalue weighted by molar-refractivity contribution is 7.99. The molecule has 2 rings (SSSR count). The first-order valence-corrected chi connectivity index (χ1v) is 7.32. The van der Waals surface area contributed by atoms with Crippen molar-refractivity contribution in [1.29, 1.82) is 5.26 Å². The molecule has 0 aromatic heterocycles. The van der Waals surface area contributed by atoms with E-state index in [0.29, 0.717) is 12.2 Å². The van der Waals surface area contributed by atoms with Crippen LogP contribution in [-0.2, 0) is 11.2 Å². The lowest BCUT2D eigenvalue weighted by Gasteiger charge is -2.21. The Balaban J connectivity index is 2.08. The van der Waals surface area contributed by atoms with E-state index in [-0.39, 0.29) is 22.9 Å². The number of hydrogen-bond acceptors (Lipinski definition) is 3. The molecule has 0 radical (unpaired) electrons. The average Bonchev–Trinajstić information content (AvgIpc) is 2.83. The first-order chi connectivity index (χ1) is 9.06. The summed E-state index contributed by atoms with van der Waals surface area (Å²) in [5.41, 5.74) is -0.653. The fourth-order valence-corrected chi connectivity index (χ4v) is 3.45. The highest BCUT2D eigenvalue weighted by Gasteiger charge is 2.36. The fourth-order valence-electron chi connectivity index (χ4n) is 1.95. The van der Waals surface area contributed by atoms with Gasteiger partial charge in [0.1, 0.15) is 11.4 Å². The third-order valence-corrected chi connectivity index (χ3v) is 4.56. The molecule has 0 aliphatic carbocycles. The molecular formula is C13H12ClFN2OS. The van der Waals surface area contributed by atoms with Gasteiger partial charge in [-0.2, -0.15) is 17.0 Å².